The zero-order valence-corrected chi connectivity index (χ0v) is 11.5. The number of anilines is 2. The fraction of sp³-hybridized carbons (Fsp3) is 0.385. The lowest BCUT2D eigenvalue weighted by atomic mass is 10.1. The lowest BCUT2D eigenvalue weighted by molar-refractivity contribution is -0.125. The highest BCUT2D eigenvalue weighted by Gasteiger charge is 2.30. The molecule has 1 aliphatic rings. The first-order chi connectivity index (χ1) is 9.06. The third kappa shape index (κ3) is 2.66. The molecule has 1 aromatic rings. The molecule has 5 nitrogen and oxygen atoms in total. The average Bonchev–Trinajstić information content (AvgIpc) is 2.40. The molecule has 0 aromatic heterocycles. The number of carbonyl (C=O) groups excluding carboxylic acids is 2. The molecule has 0 radical (unpaired) electrons. The molecule has 1 unspecified atom stereocenters. The van der Waals surface area contributed by atoms with Crippen molar-refractivity contribution in [1.82, 2.24) is 0 Å². The Morgan fingerprint density at radius 1 is 1.53 bits per heavy atom. The van der Waals surface area contributed by atoms with Crippen LogP contribution in [-0.4, -0.2) is 30.3 Å². The van der Waals surface area contributed by atoms with E-state index in [4.69, 9.17) is 16.3 Å². The van der Waals surface area contributed by atoms with E-state index >= 15 is 0 Å². The normalized spacial score (nSPS) is 17.7. The van der Waals surface area contributed by atoms with Gasteiger partial charge in [-0.05, 0) is 26.0 Å². The molecule has 1 N–H and O–H groups in total. The quantitative estimate of drug-likeness (QED) is 0.863. The van der Waals surface area contributed by atoms with Gasteiger partial charge in [-0.25, -0.2) is 0 Å². The van der Waals surface area contributed by atoms with Gasteiger partial charge >= 0.3 is 0 Å². The number of hydrogen-bond acceptors (Lipinski definition) is 3. The van der Waals surface area contributed by atoms with Gasteiger partial charge < -0.3 is 15.0 Å². The molecular weight excluding hydrogens is 268 g/mol. The number of halogens is 1. The van der Waals surface area contributed by atoms with Gasteiger partial charge in [0.1, 0.15) is 11.6 Å². The molecule has 1 heterocycles. The van der Waals surface area contributed by atoms with E-state index in [2.05, 4.69) is 5.32 Å². The van der Waals surface area contributed by atoms with Crippen molar-refractivity contribution in [3.8, 4) is 5.75 Å². The van der Waals surface area contributed by atoms with Crippen LogP contribution in [0.2, 0.25) is 0 Å². The molecular formula is C13H15ClN2O3. The molecule has 0 saturated carbocycles. The van der Waals surface area contributed by atoms with Gasteiger partial charge in [-0.1, -0.05) is 0 Å². The number of nitrogens with one attached hydrogen (secondary N) is 1. The monoisotopic (exact) mass is 282 g/mol. The Hall–Kier alpha value is -1.75. The topological polar surface area (TPSA) is 58.6 Å². The predicted octanol–water partition coefficient (Wildman–Crippen LogP) is 2.00. The summed E-state index contributed by atoms with van der Waals surface area (Å²) < 4.78 is 5.56. The summed E-state index contributed by atoms with van der Waals surface area (Å²) in [6.07, 6.45) is -0.522. The van der Waals surface area contributed by atoms with E-state index < -0.39 is 6.10 Å². The first kappa shape index (κ1) is 13.7. The Bertz CT molecular complexity index is 519. The minimum Gasteiger partial charge on any atom is -0.479 e. The van der Waals surface area contributed by atoms with Crippen LogP contribution in [0.15, 0.2) is 18.2 Å². The molecule has 0 spiro atoms. The Balaban J connectivity index is 2.32. The van der Waals surface area contributed by atoms with Gasteiger partial charge in [-0.3, -0.25) is 9.59 Å². The van der Waals surface area contributed by atoms with E-state index in [1.54, 1.807) is 30.0 Å². The third-order valence-corrected chi connectivity index (χ3v) is 3.13. The molecule has 0 fully saturated rings. The number of alkyl halides is 1. The van der Waals surface area contributed by atoms with Crippen LogP contribution < -0.4 is 15.0 Å². The molecule has 19 heavy (non-hydrogen) atoms. The number of nitrogens with zero attached hydrogens (tertiary/aromatic N) is 1. The average molecular weight is 283 g/mol. The highest BCUT2D eigenvalue weighted by atomic mass is 35.5. The second-order valence-electron chi connectivity index (χ2n) is 4.21. The molecule has 1 atom stereocenters. The van der Waals surface area contributed by atoms with E-state index in [9.17, 15) is 9.59 Å². The number of fused-ring (bicyclic) bond motifs is 1. The number of likely N-dealkylation sites (N-methyl/N-ethyl adjacent to an activating group) is 1. The van der Waals surface area contributed by atoms with Crippen LogP contribution in [0, 0.1) is 0 Å². The molecule has 1 aromatic carbocycles. The van der Waals surface area contributed by atoms with Gasteiger partial charge in [0, 0.05) is 18.3 Å². The van der Waals surface area contributed by atoms with Crippen molar-refractivity contribution >= 4 is 34.8 Å². The highest BCUT2D eigenvalue weighted by Crippen LogP contribution is 2.36. The molecule has 102 valence electrons. The van der Waals surface area contributed by atoms with E-state index in [0.29, 0.717) is 18.0 Å². The van der Waals surface area contributed by atoms with Crippen molar-refractivity contribution in [2.45, 2.75) is 20.0 Å². The third-order valence-electron chi connectivity index (χ3n) is 2.89. The summed E-state index contributed by atoms with van der Waals surface area (Å²) in [7, 11) is 0. The Morgan fingerprint density at radius 3 is 2.89 bits per heavy atom. The minimum absolute atomic E-state index is 0.0625. The smallest absolute Gasteiger partial charge is 0.267 e. The van der Waals surface area contributed by atoms with Gasteiger partial charge in [0.15, 0.2) is 6.10 Å². The summed E-state index contributed by atoms with van der Waals surface area (Å²) in [5.74, 6) is 0.135. The minimum atomic E-state index is -0.522. The number of benzene rings is 1. The van der Waals surface area contributed by atoms with E-state index in [-0.39, 0.29) is 17.7 Å². The highest BCUT2D eigenvalue weighted by molar-refractivity contribution is 6.29. The maximum Gasteiger partial charge on any atom is 0.267 e. The fourth-order valence-corrected chi connectivity index (χ4v) is 2.08. The molecule has 1 aliphatic heterocycles. The Labute approximate surface area is 116 Å². The maximum absolute atomic E-state index is 11.9. The van der Waals surface area contributed by atoms with Crippen LogP contribution >= 0.6 is 11.6 Å². The zero-order chi connectivity index (χ0) is 14.0. The molecule has 2 rings (SSSR count). The standard InChI is InChI=1S/C13H15ClN2O3/c1-3-16-10-5-4-9(15-12(17)7-14)6-11(10)19-8(2)13(16)18/h4-6,8H,3,7H2,1-2H3,(H,15,17). The maximum atomic E-state index is 11.9. The number of hydrogen-bond donors (Lipinski definition) is 1. The summed E-state index contributed by atoms with van der Waals surface area (Å²) >= 11 is 5.44. The summed E-state index contributed by atoms with van der Waals surface area (Å²) in [4.78, 5) is 24.8. The van der Waals surface area contributed by atoms with Crippen molar-refractivity contribution in [3.05, 3.63) is 18.2 Å². The number of amides is 2. The van der Waals surface area contributed by atoms with Crippen LogP contribution in [-0.2, 0) is 9.59 Å². The van der Waals surface area contributed by atoms with Crippen molar-refractivity contribution in [2.24, 2.45) is 0 Å². The zero-order valence-electron chi connectivity index (χ0n) is 10.8. The van der Waals surface area contributed by atoms with Gasteiger partial charge in [-0.2, -0.15) is 0 Å². The van der Waals surface area contributed by atoms with E-state index in [0.717, 1.165) is 5.69 Å². The number of ether oxygens (including phenoxy) is 1. The van der Waals surface area contributed by atoms with E-state index in [1.807, 2.05) is 6.92 Å². The van der Waals surface area contributed by atoms with Crippen molar-refractivity contribution < 1.29 is 14.3 Å². The predicted molar refractivity (Wildman–Crippen MR) is 73.9 cm³/mol. The molecule has 0 bridgehead atoms. The van der Waals surface area contributed by atoms with Crippen LogP contribution in [0.1, 0.15) is 13.8 Å². The second kappa shape index (κ2) is 5.48. The fourth-order valence-electron chi connectivity index (χ4n) is 2.01. The lowest BCUT2D eigenvalue weighted by Gasteiger charge is -2.32. The van der Waals surface area contributed by atoms with Crippen LogP contribution in [0.5, 0.6) is 5.75 Å². The Morgan fingerprint density at radius 2 is 2.26 bits per heavy atom. The van der Waals surface area contributed by atoms with Gasteiger partial charge in [0.05, 0.1) is 5.69 Å². The molecule has 0 saturated heterocycles. The van der Waals surface area contributed by atoms with Crippen molar-refractivity contribution in [3.63, 3.8) is 0 Å². The van der Waals surface area contributed by atoms with Gasteiger partial charge in [-0.15, -0.1) is 11.6 Å². The number of carbonyl (C=O) groups is 2. The van der Waals surface area contributed by atoms with Gasteiger partial charge in [0.25, 0.3) is 5.91 Å². The molecule has 0 aliphatic carbocycles. The van der Waals surface area contributed by atoms with E-state index in [1.165, 1.54) is 0 Å². The first-order valence-corrected chi connectivity index (χ1v) is 6.58. The molecule has 6 heteroatoms. The lowest BCUT2D eigenvalue weighted by Crippen LogP contribution is -2.44. The van der Waals surface area contributed by atoms with Crippen LogP contribution in [0.4, 0.5) is 11.4 Å². The van der Waals surface area contributed by atoms with Crippen LogP contribution in [0.3, 0.4) is 0 Å². The molecule has 2 amide bonds. The number of rotatable bonds is 3. The summed E-state index contributed by atoms with van der Waals surface area (Å²) in [5, 5.41) is 2.65. The van der Waals surface area contributed by atoms with Crippen LogP contribution in [0.25, 0.3) is 0 Å². The van der Waals surface area contributed by atoms with Crippen molar-refractivity contribution in [1.29, 1.82) is 0 Å². The second-order valence-corrected chi connectivity index (χ2v) is 4.47. The summed E-state index contributed by atoms with van der Waals surface area (Å²) in [5.41, 5.74) is 1.32. The first-order valence-electron chi connectivity index (χ1n) is 6.04. The van der Waals surface area contributed by atoms with Crippen molar-refractivity contribution in [2.75, 3.05) is 22.6 Å². The Kier molecular flexibility index (Phi) is 3.95. The summed E-state index contributed by atoms with van der Waals surface area (Å²) in [6.45, 7) is 4.19. The van der Waals surface area contributed by atoms with Gasteiger partial charge in [0.2, 0.25) is 5.91 Å². The summed E-state index contributed by atoms with van der Waals surface area (Å²) in [6, 6.07) is 5.18. The largest absolute Gasteiger partial charge is 0.479 e. The SMILES string of the molecule is CCN1C(=O)C(C)Oc2cc(NC(=O)CCl)ccc21.